The number of fused-ring (bicyclic) bond motifs is 20. The second-order valence-corrected chi connectivity index (χ2v) is 27.5. The topological polar surface area (TPSA) is 24.1 Å². The smallest absolute Gasteiger partial charge is 0.0726 e. The maximum atomic E-state index is 3.87. The van der Waals surface area contributed by atoms with Crippen LogP contribution in [0.4, 0.5) is 22.7 Å². The summed E-state index contributed by atoms with van der Waals surface area (Å²) >= 11 is 0. The highest BCUT2D eigenvalue weighted by molar-refractivity contribution is 5.98. The molecule has 0 atom stereocenters. The molecule has 2 nitrogen and oxygen atoms in total. The predicted molar refractivity (Wildman–Crippen MR) is 405 cm³/mol. The van der Waals surface area contributed by atoms with E-state index in [1.165, 1.54) is 207 Å². The molecule has 0 aromatic heterocycles. The van der Waals surface area contributed by atoms with Crippen molar-refractivity contribution in [3.05, 3.63) is 346 Å². The van der Waals surface area contributed by atoms with Gasteiger partial charge in [0.1, 0.15) is 0 Å². The molecule has 0 heterocycles. The van der Waals surface area contributed by atoms with Crippen molar-refractivity contribution < 1.29 is 0 Å². The first kappa shape index (κ1) is 59.2. The van der Waals surface area contributed by atoms with Gasteiger partial charge in [-0.15, -0.1) is 0 Å². The lowest BCUT2D eigenvalue weighted by Crippen LogP contribution is -2.25. The molecular formula is C94H80N2. The van der Waals surface area contributed by atoms with Crippen molar-refractivity contribution in [3.8, 4) is 89.0 Å². The van der Waals surface area contributed by atoms with Gasteiger partial charge < -0.3 is 10.6 Å². The van der Waals surface area contributed by atoms with Crippen LogP contribution < -0.4 is 10.6 Å². The molecule has 4 aliphatic carbocycles. The molecule has 2 heteroatoms. The predicted octanol–water partition coefficient (Wildman–Crippen LogP) is 25.4. The first-order chi connectivity index (χ1) is 47.3. The number of aryl methyl sites for hydroxylation is 4. The zero-order valence-electron chi connectivity index (χ0n) is 55.6. The molecule has 96 heavy (non-hydrogen) atoms. The third kappa shape index (κ3) is 9.57. The van der Waals surface area contributed by atoms with Crippen molar-refractivity contribution >= 4 is 22.7 Å². The summed E-state index contributed by atoms with van der Waals surface area (Å²) in [6, 6.07) is 106. The molecule has 13 aromatic carbocycles. The summed E-state index contributed by atoms with van der Waals surface area (Å²) in [4.78, 5) is 0. The Bertz CT molecular complexity index is 4720. The summed E-state index contributed by atoms with van der Waals surface area (Å²) in [5, 5.41) is 7.75. The zero-order chi connectivity index (χ0) is 64.5. The largest absolute Gasteiger partial charge is 0.356 e. The molecule has 4 aliphatic rings. The fourth-order valence-corrected chi connectivity index (χ4v) is 17.6. The van der Waals surface area contributed by atoms with Crippen LogP contribution in [0.15, 0.2) is 279 Å². The first-order valence-corrected chi connectivity index (χ1v) is 35.3. The Morgan fingerprint density at radius 2 is 0.490 bits per heavy atom. The van der Waals surface area contributed by atoms with Gasteiger partial charge in [-0.3, -0.25) is 0 Å². The second-order valence-electron chi connectivity index (χ2n) is 27.5. The van der Waals surface area contributed by atoms with Gasteiger partial charge in [-0.1, -0.05) is 283 Å². The van der Waals surface area contributed by atoms with Crippen LogP contribution in [0.25, 0.3) is 89.0 Å². The third-order valence-electron chi connectivity index (χ3n) is 22.0. The standard InChI is InChI=1S/C94H80N2/c1-5-7-9-11-25-67-57-84(66-45-41-64(42-46-66)74-52-48-70(56-62(74)4)96-72-50-54-82-80-32-18-24-38-90(80)94(92(82)60-72)87-35-21-15-29-77(87)78-30-16-22-36-88(78)94)68(26-12-10-8-6-2)58-83(67)65-43-39-63(40-44-65)73-51-47-69(55-61(73)3)95-71-49-53-81-79-31-17-23-37-89(79)93(91(81)59-71)85-33-19-13-27-75(85)76-28-14-20-34-86(76)93/h13-24,27-60,95-96H,5-12,25-26H2,1-4H3. The molecule has 13 aromatic rings. The van der Waals surface area contributed by atoms with Crippen molar-refractivity contribution in [1.29, 1.82) is 0 Å². The summed E-state index contributed by atoms with van der Waals surface area (Å²) in [7, 11) is 0. The molecule has 0 amide bonds. The lowest BCUT2D eigenvalue weighted by atomic mass is 9.70. The zero-order valence-corrected chi connectivity index (χ0v) is 55.6. The second kappa shape index (κ2) is 24.3. The normalized spacial score (nSPS) is 13.4. The lowest BCUT2D eigenvalue weighted by molar-refractivity contribution is 0.664. The molecule has 17 rings (SSSR count). The van der Waals surface area contributed by atoms with E-state index in [9.17, 15) is 0 Å². The van der Waals surface area contributed by atoms with Crippen LogP contribution in [-0.4, -0.2) is 0 Å². The number of nitrogens with one attached hydrogen (secondary N) is 2. The Morgan fingerprint density at radius 1 is 0.229 bits per heavy atom. The highest BCUT2D eigenvalue weighted by Crippen LogP contribution is 2.65. The Morgan fingerprint density at radius 3 is 0.781 bits per heavy atom. The first-order valence-electron chi connectivity index (χ1n) is 35.3. The quantitative estimate of drug-likeness (QED) is 0.0837. The van der Waals surface area contributed by atoms with E-state index in [0.29, 0.717) is 0 Å². The molecule has 0 unspecified atom stereocenters. The Balaban J connectivity index is 0.640. The molecule has 2 N–H and O–H groups in total. The van der Waals surface area contributed by atoms with Crippen LogP contribution in [0.1, 0.15) is 132 Å². The van der Waals surface area contributed by atoms with Crippen LogP contribution in [-0.2, 0) is 23.7 Å². The number of hydrogen-bond donors (Lipinski definition) is 2. The van der Waals surface area contributed by atoms with Crippen molar-refractivity contribution in [2.24, 2.45) is 0 Å². The van der Waals surface area contributed by atoms with Gasteiger partial charge in [-0.25, -0.2) is 0 Å². The Kier molecular flexibility index (Phi) is 15.0. The van der Waals surface area contributed by atoms with E-state index < -0.39 is 0 Å². The van der Waals surface area contributed by atoms with Crippen molar-refractivity contribution in [3.63, 3.8) is 0 Å². The molecule has 466 valence electrons. The van der Waals surface area contributed by atoms with E-state index >= 15 is 0 Å². The molecule has 0 aliphatic heterocycles. The number of anilines is 4. The number of rotatable bonds is 18. The van der Waals surface area contributed by atoms with E-state index in [-0.39, 0.29) is 10.8 Å². The third-order valence-corrected chi connectivity index (χ3v) is 22.0. The van der Waals surface area contributed by atoms with Crippen molar-refractivity contribution in [1.82, 2.24) is 0 Å². The van der Waals surface area contributed by atoms with E-state index in [1.54, 1.807) is 0 Å². The lowest BCUT2D eigenvalue weighted by Gasteiger charge is -2.30. The van der Waals surface area contributed by atoms with Gasteiger partial charge in [0, 0.05) is 22.7 Å². The maximum absolute atomic E-state index is 3.87. The summed E-state index contributed by atoms with van der Waals surface area (Å²) in [5.74, 6) is 0. The summed E-state index contributed by atoms with van der Waals surface area (Å²) in [5.41, 5.74) is 40.8. The average Bonchev–Trinajstić information content (AvgIpc) is 1.52. The Labute approximate surface area is 567 Å². The van der Waals surface area contributed by atoms with Crippen LogP contribution >= 0.6 is 0 Å². The van der Waals surface area contributed by atoms with Crippen molar-refractivity contribution in [2.75, 3.05) is 10.6 Å². The van der Waals surface area contributed by atoms with Gasteiger partial charge >= 0.3 is 0 Å². The van der Waals surface area contributed by atoms with Gasteiger partial charge in [0.25, 0.3) is 0 Å². The molecule has 0 saturated heterocycles. The minimum atomic E-state index is -0.372. The minimum absolute atomic E-state index is 0.372. The molecular weight excluding hydrogens is 1160 g/mol. The number of unbranched alkanes of at least 4 members (excludes halogenated alkanes) is 6. The van der Waals surface area contributed by atoms with Gasteiger partial charge in [-0.05, 0) is 244 Å². The van der Waals surface area contributed by atoms with Crippen LogP contribution in [0, 0.1) is 13.8 Å². The highest BCUT2D eigenvalue weighted by Gasteiger charge is 2.53. The molecule has 0 saturated carbocycles. The van der Waals surface area contributed by atoms with Gasteiger partial charge in [-0.2, -0.15) is 0 Å². The molecule has 0 radical (unpaired) electrons. The van der Waals surface area contributed by atoms with E-state index in [0.717, 1.165) is 35.6 Å². The van der Waals surface area contributed by atoms with Gasteiger partial charge in [0.2, 0.25) is 0 Å². The van der Waals surface area contributed by atoms with Crippen LogP contribution in [0.3, 0.4) is 0 Å². The van der Waals surface area contributed by atoms with Crippen molar-refractivity contribution in [2.45, 2.75) is 103 Å². The van der Waals surface area contributed by atoms with Gasteiger partial charge in [0.15, 0.2) is 0 Å². The molecule has 0 fully saturated rings. The molecule has 0 bridgehead atoms. The average molecular weight is 1240 g/mol. The SMILES string of the molecule is CCCCCCc1cc(-c2ccc(-c3ccc(Nc4ccc5c(c4)C4(c6ccccc6-c6ccccc64)c4ccccc4-5)cc3C)cc2)c(CCCCCC)cc1-c1ccc(-c2ccc(Nc3ccc4c(c3)C3(c5ccccc5-c5ccccc53)c3ccccc3-4)cc2C)cc1. The highest BCUT2D eigenvalue weighted by atomic mass is 14.9. The monoisotopic (exact) mass is 1240 g/mol. The maximum Gasteiger partial charge on any atom is 0.0726 e. The summed E-state index contributed by atoms with van der Waals surface area (Å²) in [6.45, 7) is 9.14. The fourth-order valence-electron chi connectivity index (χ4n) is 17.6. The van der Waals surface area contributed by atoms with E-state index in [4.69, 9.17) is 0 Å². The summed E-state index contributed by atoms with van der Waals surface area (Å²) in [6.07, 6.45) is 12.0. The minimum Gasteiger partial charge on any atom is -0.356 e. The van der Waals surface area contributed by atoms with E-state index in [2.05, 4.69) is 317 Å². The van der Waals surface area contributed by atoms with Gasteiger partial charge in [0.05, 0.1) is 10.8 Å². The van der Waals surface area contributed by atoms with E-state index in [1.807, 2.05) is 0 Å². The Hall–Kier alpha value is -10.5. The molecule has 2 spiro atoms. The summed E-state index contributed by atoms with van der Waals surface area (Å²) < 4.78 is 0. The fraction of sp³-hybridized carbons (Fsp3) is 0.170. The van der Waals surface area contributed by atoms with Crippen LogP contribution in [0.5, 0.6) is 0 Å². The number of hydrogen-bond acceptors (Lipinski definition) is 2. The number of benzene rings is 13. The van der Waals surface area contributed by atoms with Crippen LogP contribution in [0.2, 0.25) is 0 Å².